The third-order valence-electron chi connectivity index (χ3n) is 3.80. The molecule has 7 nitrogen and oxygen atoms in total. The standard InChI is InChI=1S/C18H21ClN2O5S/c1-12(18(22)20-11-13-6-4-5-7-16(13)25-2)21-27(23,24)14-8-9-17(26-3)15(19)10-14/h4-10,12,21H,11H2,1-3H3,(H,20,22)/t12-/m1/s1. The number of hydrogen-bond donors (Lipinski definition) is 2. The monoisotopic (exact) mass is 412 g/mol. The smallest absolute Gasteiger partial charge is 0.241 e. The molecule has 1 amide bonds. The number of nitrogens with one attached hydrogen (secondary N) is 2. The van der Waals surface area contributed by atoms with Crippen molar-refractivity contribution in [3.8, 4) is 11.5 Å². The maximum Gasteiger partial charge on any atom is 0.241 e. The van der Waals surface area contributed by atoms with E-state index >= 15 is 0 Å². The molecule has 0 bridgehead atoms. The summed E-state index contributed by atoms with van der Waals surface area (Å²) in [4.78, 5) is 12.2. The van der Waals surface area contributed by atoms with Crippen LogP contribution >= 0.6 is 11.6 Å². The van der Waals surface area contributed by atoms with Crippen LogP contribution in [0.5, 0.6) is 11.5 Å². The van der Waals surface area contributed by atoms with Gasteiger partial charge in [0.15, 0.2) is 0 Å². The van der Waals surface area contributed by atoms with Gasteiger partial charge in [0.2, 0.25) is 15.9 Å². The molecule has 2 N–H and O–H groups in total. The fourth-order valence-corrected chi connectivity index (χ4v) is 3.90. The fourth-order valence-electron chi connectivity index (χ4n) is 2.35. The summed E-state index contributed by atoms with van der Waals surface area (Å²) in [6, 6.07) is 10.3. The van der Waals surface area contributed by atoms with Crippen molar-refractivity contribution in [3.05, 3.63) is 53.1 Å². The lowest BCUT2D eigenvalue weighted by Crippen LogP contribution is -2.44. The first-order valence-electron chi connectivity index (χ1n) is 8.04. The van der Waals surface area contributed by atoms with Gasteiger partial charge in [-0.1, -0.05) is 29.8 Å². The lowest BCUT2D eigenvalue weighted by Gasteiger charge is -2.16. The Morgan fingerprint density at radius 3 is 2.41 bits per heavy atom. The molecule has 0 fully saturated rings. The summed E-state index contributed by atoms with van der Waals surface area (Å²) < 4.78 is 37.5. The van der Waals surface area contributed by atoms with Gasteiger partial charge in [0.1, 0.15) is 11.5 Å². The molecule has 2 aromatic rings. The Morgan fingerprint density at radius 1 is 1.11 bits per heavy atom. The van der Waals surface area contributed by atoms with Gasteiger partial charge >= 0.3 is 0 Å². The van der Waals surface area contributed by atoms with E-state index in [0.717, 1.165) is 5.56 Å². The second-order valence-electron chi connectivity index (χ2n) is 5.67. The average molecular weight is 413 g/mol. The van der Waals surface area contributed by atoms with E-state index in [0.29, 0.717) is 11.5 Å². The quantitative estimate of drug-likeness (QED) is 0.694. The molecular formula is C18H21ClN2O5S. The normalized spacial score (nSPS) is 12.3. The van der Waals surface area contributed by atoms with E-state index in [9.17, 15) is 13.2 Å². The van der Waals surface area contributed by atoms with Crippen LogP contribution in [0.3, 0.4) is 0 Å². The maximum atomic E-state index is 12.5. The van der Waals surface area contributed by atoms with Gasteiger partial charge in [-0.15, -0.1) is 0 Å². The topological polar surface area (TPSA) is 93.7 Å². The van der Waals surface area contributed by atoms with Gasteiger partial charge in [0, 0.05) is 12.1 Å². The summed E-state index contributed by atoms with van der Waals surface area (Å²) in [6.07, 6.45) is 0. The molecule has 0 aliphatic carbocycles. The number of methoxy groups -OCH3 is 2. The molecule has 0 aromatic heterocycles. The third kappa shape index (κ3) is 5.35. The molecule has 1 atom stereocenters. The highest BCUT2D eigenvalue weighted by atomic mass is 35.5. The van der Waals surface area contributed by atoms with Crippen molar-refractivity contribution in [1.29, 1.82) is 0 Å². The second kappa shape index (κ2) is 9.07. The molecule has 27 heavy (non-hydrogen) atoms. The number of ether oxygens (including phenoxy) is 2. The van der Waals surface area contributed by atoms with Gasteiger partial charge < -0.3 is 14.8 Å². The van der Waals surface area contributed by atoms with Gasteiger partial charge in [-0.2, -0.15) is 4.72 Å². The van der Waals surface area contributed by atoms with Crippen molar-refractivity contribution < 1.29 is 22.7 Å². The van der Waals surface area contributed by atoms with Crippen molar-refractivity contribution in [2.24, 2.45) is 0 Å². The van der Waals surface area contributed by atoms with Gasteiger partial charge in [-0.3, -0.25) is 4.79 Å². The summed E-state index contributed by atoms with van der Waals surface area (Å²) in [6.45, 7) is 1.67. The van der Waals surface area contributed by atoms with E-state index < -0.39 is 22.0 Å². The number of carbonyl (C=O) groups excluding carboxylic acids is 1. The molecule has 0 spiro atoms. The first kappa shape index (κ1) is 21.0. The number of carbonyl (C=O) groups is 1. The lowest BCUT2D eigenvalue weighted by molar-refractivity contribution is -0.122. The van der Waals surface area contributed by atoms with Crippen LogP contribution in [-0.4, -0.2) is 34.6 Å². The molecule has 0 aliphatic rings. The highest BCUT2D eigenvalue weighted by Crippen LogP contribution is 2.27. The van der Waals surface area contributed by atoms with Crippen LogP contribution in [0, 0.1) is 0 Å². The minimum Gasteiger partial charge on any atom is -0.496 e. The molecule has 0 heterocycles. The number of halogens is 1. The summed E-state index contributed by atoms with van der Waals surface area (Å²) in [7, 11) is -0.952. The Kier molecular flexibility index (Phi) is 7.06. The first-order chi connectivity index (χ1) is 12.8. The van der Waals surface area contributed by atoms with Crippen LogP contribution in [0.4, 0.5) is 0 Å². The van der Waals surface area contributed by atoms with Crippen LogP contribution < -0.4 is 19.5 Å². The van der Waals surface area contributed by atoms with E-state index in [2.05, 4.69) is 10.0 Å². The van der Waals surface area contributed by atoms with Crippen molar-refractivity contribution in [1.82, 2.24) is 10.0 Å². The zero-order valence-corrected chi connectivity index (χ0v) is 16.7. The van der Waals surface area contributed by atoms with Crippen molar-refractivity contribution in [2.75, 3.05) is 14.2 Å². The fraction of sp³-hybridized carbons (Fsp3) is 0.278. The average Bonchev–Trinajstić information content (AvgIpc) is 2.65. The molecule has 0 unspecified atom stereocenters. The Bertz CT molecular complexity index is 918. The first-order valence-corrected chi connectivity index (χ1v) is 9.90. The van der Waals surface area contributed by atoms with Crippen LogP contribution in [0.25, 0.3) is 0 Å². The predicted molar refractivity (Wildman–Crippen MR) is 103 cm³/mol. The van der Waals surface area contributed by atoms with Crippen LogP contribution in [0.15, 0.2) is 47.4 Å². The van der Waals surface area contributed by atoms with Crippen molar-refractivity contribution in [3.63, 3.8) is 0 Å². The number of rotatable bonds is 8. The van der Waals surface area contributed by atoms with Gasteiger partial charge in [0.25, 0.3) is 0 Å². The van der Waals surface area contributed by atoms with Crippen LogP contribution in [-0.2, 0) is 21.4 Å². The summed E-state index contributed by atoms with van der Waals surface area (Å²) in [5, 5.41) is 2.85. The summed E-state index contributed by atoms with van der Waals surface area (Å²) in [5.74, 6) is 0.529. The van der Waals surface area contributed by atoms with Gasteiger partial charge in [0.05, 0.1) is 30.2 Å². The lowest BCUT2D eigenvalue weighted by atomic mass is 10.2. The third-order valence-corrected chi connectivity index (χ3v) is 5.64. The molecule has 2 aromatic carbocycles. The minimum atomic E-state index is -3.92. The molecule has 0 saturated heterocycles. The van der Waals surface area contributed by atoms with Crippen molar-refractivity contribution >= 4 is 27.5 Å². The van der Waals surface area contributed by atoms with E-state index in [1.165, 1.54) is 39.3 Å². The zero-order chi connectivity index (χ0) is 20.0. The summed E-state index contributed by atoms with van der Waals surface area (Å²) in [5.41, 5.74) is 0.783. The molecule has 0 saturated carbocycles. The van der Waals surface area contributed by atoms with E-state index in [1.807, 2.05) is 18.2 Å². The van der Waals surface area contributed by atoms with E-state index in [-0.39, 0.29) is 16.5 Å². The van der Waals surface area contributed by atoms with E-state index in [4.69, 9.17) is 21.1 Å². The Labute approximate surface area is 163 Å². The number of para-hydroxylation sites is 1. The molecular weight excluding hydrogens is 392 g/mol. The minimum absolute atomic E-state index is 0.0577. The number of amides is 1. The molecule has 146 valence electrons. The molecule has 9 heteroatoms. The molecule has 0 radical (unpaired) electrons. The largest absolute Gasteiger partial charge is 0.496 e. The number of sulfonamides is 1. The predicted octanol–water partition coefficient (Wildman–Crippen LogP) is 2.34. The zero-order valence-electron chi connectivity index (χ0n) is 15.2. The molecule has 0 aliphatic heterocycles. The van der Waals surface area contributed by atoms with Crippen LogP contribution in [0.1, 0.15) is 12.5 Å². The highest BCUT2D eigenvalue weighted by molar-refractivity contribution is 7.89. The molecule has 2 rings (SSSR count). The number of hydrogen-bond acceptors (Lipinski definition) is 5. The van der Waals surface area contributed by atoms with Crippen LogP contribution in [0.2, 0.25) is 5.02 Å². The summed E-state index contributed by atoms with van der Waals surface area (Å²) >= 11 is 5.97. The SMILES string of the molecule is COc1ccc(S(=O)(=O)N[C@H](C)C(=O)NCc2ccccc2OC)cc1Cl. The Morgan fingerprint density at radius 2 is 1.78 bits per heavy atom. The highest BCUT2D eigenvalue weighted by Gasteiger charge is 2.23. The van der Waals surface area contributed by atoms with Crippen molar-refractivity contribution in [2.45, 2.75) is 24.4 Å². The maximum absolute atomic E-state index is 12.5. The number of benzene rings is 2. The van der Waals surface area contributed by atoms with Gasteiger partial charge in [-0.05, 0) is 31.2 Å². The van der Waals surface area contributed by atoms with E-state index in [1.54, 1.807) is 6.07 Å². The Balaban J connectivity index is 2.03. The van der Waals surface area contributed by atoms with Gasteiger partial charge in [-0.25, -0.2) is 8.42 Å². The Hall–Kier alpha value is -2.29. The second-order valence-corrected chi connectivity index (χ2v) is 7.79.